The first-order valence-corrected chi connectivity index (χ1v) is 8.04. The van der Waals surface area contributed by atoms with Crippen LogP contribution >= 0.6 is 11.6 Å². The third-order valence-electron chi connectivity index (χ3n) is 4.39. The summed E-state index contributed by atoms with van der Waals surface area (Å²) in [6.45, 7) is 4.51. The second kappa shape index (κ2) is 6.94. The number of ether oxygens (including phenoxy) is 1. The summed E-state index contributed by atoms with van der Waals surface area (Å²) in [5.41, 5.74) is 0.517. The summed E-state index contributed by atoms with van der Waals surface area (Å²) >= 11 is 6.07. The van der Waals surface area contributed by atoms with Gasteiger partial charge in [-0.15, -0.1) is 0 Å². The molecule has 2 aliphatic heterocycles. The van der Waals surface area contributed by atoms with E-state index in [0.717, 1.165) is 13.0 Å². The molecule has 0 aromatic heterocycles. The van der Waals surface area contributed by atoms with E-state index in [1.807, 2.05) is 4.90 Å². The van der Waals surface area contributed by atoms with E-state index in [0.29, 0.717) is 50.0 Å². The number of rotatable bonds is 3. The van der Waals surface area contributed by atoms with Crippen LogP contribution in [-0.4, -0.2) is 55.1 Å². The van der Waals surface area contributed by atoms with Gasteiger partial charge in [-0.3, -0.25) is 9.69 Å². The van der Waals surface area contributed by atoms with Crippen molar-refractivity contribution in [3.8, 4) is 0 Å². The van der Waals surface area contributed by atoms with Gasteiger partial charge >= 0.3 is 0 Å². The smallest absolute Gasteiger partial charge is 0.227 e. The van der Waals surface area contributed by atoms with Crippen LogP contribution in [0, 0.1) is 11.7 Å². The summed E-state index contributed by atoms with van der Waals surface area (Å²) in [6, 6.07) is 4.73. The maximum absolute atomic E-state index is 13.9. The molecule has 1 aromatic carbocycles. The van der Waals surface area contributed by atoms with E-state index in [2.05, 4.69) is 4.90 Å². The average molecular weight is 327 g/mol. The Kier molecular flexibility index (Phi) is 4.96. The zero-order chi connectivity index (χ0) is 15.5. The summed E-state index contributed by atoms with van der Waals surface area (Å²) in [6.07, 6.45) is 0.822. The first-order chi connectivity index (χ1) is 10.6. The number of nitrogens with zero attached hydrogens (tertiary/aromatic N) is 2. The Labute approximate surface area is 134 Å². The lowest BCUT2D eigenvalue weighted by Gasteiger charge is -2.29. The molecule has 2 fully saturated rings. The molecule has 2 heterocycles. The zero-order valence-electron chi connectivity index (χ0n) is 12.4. The topological polar surface area (TPSA) is 32.8 Å². The first kappa shape index (κ1) is 15.7. The van der Waals surface area contributed by atoms with Crippen LogP contribution in [0.4, 0.5) is 4.39 Å². The fourth-order valence-corrected chi connectivity index (χ4v) is 3.35. The molecule has 22 heavy (non-hydrogen) atoms. The van der Waals surface area contributed by atoms with E-state index in [1.54, 1.807) is 12.1 Å². The van der Waals surface area contributed by atoms with Crippen molar-refractivity contribution in [3.05, 3.63) is 34.6 Å². The zero-order valence-corrected chi connectivity index (χ0v) is 13.2. The summed E-state index contributed by atoms with van der Waals surface area (Å²) < 4.78 is 19.1. The van der Waals surface area contributed by atoms with Gasteiger partial charge in [0.05, 0.1) is 19.1 Å². The summed E-state index contributed by atoms with van der Waals surface area (Å²) in [5.74, 6) is -0.0791. The predicted octanol–water partition coefficient (Wildman–Crippen LogP) is 2.16. The Hall–Kier alpha value is -1.17. The van der Waals surface area contributed by atoms with Gasteiger partial charge in [0.25, 0.3) is 0 Å². The van der Waals surface area contributed by atoms with E-state index < -0.39 is 0 Å². The SMILES string of the molecule is O=C(C1CCN(Cc2c(F)cccc2Cl)C1)N1CCOCC1. The van der Waals surface area contributed by atoms with E-state index in [-0.39, 0.29) is 17.6 Å². The summed E-state index contributed by atoms with van der Waals surface area (Å²) in [5, 5.41) is 0.447. The number of carbonyl (C=O) groups excluding carboxylic acids is 1. The van der Waals surface area contributed by atoms with Crippen molar-refractivity contribution in [2.45, 2.75) is 13.0 Å². The minimum absolute atomic E-state index is 0.00338. The molecule has 1 atom stereocenters. The van der Waals surface area contributed by atoms with Gasteiger partial charge in [0, 0.05) is 36.8 Å². The van der Waals surface area contributed by atoms with Crippen LogP contribution in [0.25, 0.3) is 0 Å². The molecule has 2 saturated heterocycles. The number of benzene rings is 1. The van der Waals surface area contributed by atoms with Gasteiger partial charge < -0.3 is 9.64 Å². The maximum atomic E-state index is 13.9. The van der Waals surface area contributed by atoms with Gasteiger partial charge in [-0.1, -0.05) is 17.7 Å². The molecule has 4 nitrogen and oxygen atoms in total. The van der Waals surface area contributed by atoms with Crippen LogP contribution in [0.5, 0.6) is 0 Å². The number of morpholine rings is 1. The molecule has 6 heteroatoms. The van der Waals surface area contributed by atoms with Crippen molar-refractivity contribution >= 4 is 17.5 Å². The van der Waals surface area contributed by atoms with Gasteiger partial charge in [0.2, 0.25) is 5.91 Å². The fraction of sp³-hybridized carbons (Fsp3) is 0.562. The Bertz CT molecular complexity index is 529. The third-order valence-corrected chi connectivity index (χ3v) is 4.74. The van der Waals surface area contributed by atoms with Crippen molar-refractivity contribution in [2.24, 2.45) is 5.92 Å². The monoisotopic (exact) mass is 326 g/mol. The Morgan fingerprint density at radius 3 is 2.82 bits per heavy atom. The summed E-state index contributed by atoms with van der Waals surface area (Å²) in [7, 11) is 0. The summed E-state index contributed by atoms with van der Waals surface area (Å²) in [4.78, 5) is 16.5. The van der Waals surface area contributed by atoms with Crippen LogP contribution in [0.2, 0.25) is 5.02 Å². The number of halogens is 2. The maximum Gasteiger partial charge on any atom is 0.227 e. The number of hydrogen-bond acceptors (Lipinski definition) is 3. The second-order valence-corrected chi connectivity index (χ2v) is 6.27. The molecule has 3 rings (SSSR count). The molecule has 2 aliphatic rings. The average Bonchev–Trinajstić information content (AvgIpc) is 3.00. The Morgan fingerprint density at radius 1 is 1.32 bits per heavy atom. The van der Waals surface area contributed by atoms with Crippen molar-refractivity contribution in [2.75, 3.05) is 39.4 Å². The van der Waals surface area contributed by atoms with Crippen LogP contribution in [0.1, 0.15) is 12.0 Å². The predicted molar refractivity (Wildman–Crippen MR) is 82.2 cm³/mol. The lowest BCUT2D eigenvalue weighted by Crippen LogP contribution is -2.44. The first-order valence-electron chi connectivity index (χ1n) is 7.67. The van der Waals surface area contributed by atoms with Crippen molar-refractivity contribution in [3.63, 3.8) is 0 Å². The van der Waals surface area contributed by atoms with Crippen LogP contribution in [0.15, 0.2) is 18.2 Å². The molecule has 0 saturated carbocycles. The number of hydrogen-bond donors (Lipinski definition) is 0. The van der Waals surface area contributed by atoms with Gasteiger partial charge in [-0.25, -0.2) is 4.39 Å². The Morgan fingerprint density at radius 2 is 2.09 bits per heavy atom. The van der Waals surface area contributed by atoms with Gasteiger partial charge in [-0.05, 0) is 25.1 Å². The second-order valence-electron chi connectivity index (χ2n) is 5.86. The highest BCUT2D eigenvalue weighted by atomic mass is 35.5. The molecule has 0 spiro atoms. The minimum atomic E-state index is -0.282. The molecular weight excluding hydrogens is 307 g/mol. The van der Waals surface area contributed by atoms with Gasteiger partial charge in [0.1, 0.15) is 5.82 Å². The largest absolute Gasteiger partial charge is 0.378 e. The van der Waals surface area contributed by atoms with Crippen LogP contribution in [-0.2, 0) is 16.1 Å². The quantitative estimate of drug-likeness (QED) is 0.853. The highest BCUT2D eigenvalue weighted by Gasteiger charge is 2.32. The standard InChI is InChI=1S/C16H20ClFN2O2/c17-14-2-1-3-15(18)13(14)11-19-5-4-12(10-19)16(21)20-6-8-22-9-7-20/h1-3,12H,4-11H2. The number of amides is 1. The highest BCUT2D eigenvalue weighted by Crippen LogP contribution is 2.25. The van der Waals surface area contributed by atoms with Crippen molar-refractivity contribution in [1.29, 1.82) is 0 Å². The lowest BCUT2D eigenvalue weighted by atomic mass is 10.1. The van der Waals surface area contributed by atoms with Crippen molar-refractivity contribution in [1.82, 2.24) is 9.80 Å². The molecule has 0 bridgehead atoms. The van der Waals surface area contributed by atoms with Gasteiger partial charge in [-0.2, -0.15) is 0 Å². The number of carbonyl (C=O) groups is 1. The van der Waals surface area contributed by atoms with Crippen LogP contribution < -0.4 is 0 Å². The normalized spacial score (nSPS) is 23.0. The highest BCUT2D eigenvalue weighted by molar-refractivity contribution is 6.31. The fourth-order valence-electron chi connectivity index (χ4n) is 3.13. The molecular formula is C16H20ClFN2O2. The minimum Gasteiger partial charge on any atom is -0.378 e. The number of likely N-dealkylation sites (tertiary alicyclic amines) is 1. The van der Waals surface area contributed by atoms with E-state index in [9.17, 15) is 9.18 Å². The molecule has 0 aliphatic carbocycles. The van der Waals surface area contributed by atoms with Crippen LogP contribution in [0.3, 0.4) is 0 Å². The molecule has 0 radical (unpaired) electrons. The molecule has 1 amide bonds. The van der Waals surface area contributed by atoms with E-state index >= 15 is 0 Å². The molecule has 120 valence electrons. The van der Waals surface area contributed by atoms with Gasteiger partial charge in [0.15, 0.2) is 0 Å². The van der Waals surface area contributed by atoms with E-state index in [4.69, 9.17) is 16.3 Å². The molecule has 1 aromatic rings. The lowest BCUT2D eigenvalue weighted by molar-refractivity contribution is -0.139. The Balaban J connectivity index is 1.59. The molecule has 1 unspecified atom stereocenters. The molecule has 0 N–H and O–H groups in total. The van der Waals surface area contributed by atoms with Crippen molar-refractivity contribution < 1.29 is 13.9 Å². The van der Waals surface area contributed by atoms with E-state index in [1.165, 1.54) is 6.07 Å². The third kappa shape index (κ3) is 3.42.